The molecule has 0 fully saturated rings. The van der Waals surface area contributed by atoms with Crippen LogP contribution in [-0.4, -0.2) is 5.91 Å². The molecule has 106 valence electrons. The number of anilines is 1. The molecule has 0 bridgehead atoms. The largest absolute Gasteiger partial charge is 0.324 e. The van der Waals surface area contributed by atoms with Crippen LogP contribution in [0.4, 0.5) is 5.69 Å². The number of nitriles is 1. The molecule has 0 heterocycles. The predicted molar refractivity (Wildman–Crippen MR) is 83.8 cm³/mol. The summed E-state index contributed by atoms with van der Waals surface area (Å²) in [6, 6.07) is 17.5. The highest BCUT2D eigenvalue weighted by atomic mass is 16.1. The summed E-state index contributed by atoms with van der Waals surface area (Å²) in [6.45, 7) is 3.89. The quantitative estimate of drug-likeness (QED) is 0.928. The molecule has 1 atom stereocenters. The molecular weight excluding hydrogens is 260 g/mol. The lowest BCUT2D eigenvalue weighted by atomic mass is 9.99. The first kappa shape index (κ1) is 14.8. The van der Waals surface area contributed by atoms with Crippen LogP contribution in [0.25, 0.3) is 0 Å². The molecule has 0 aliphatic carbocycles. The number of aryl methyl sites for hydroxylation is 2. The molecule has 3 heteroatoms. The Morgan fingerprint density at radius 1 is 1.10 bits per heavy atom. The van der Waals surface area contributed by atoms with Crippen LogP contribution in [0.2, 0.25) is 0 Å². The van der Waals surface area contributed by atoms with E-state index in [1.807, 2.05) is 62.4 Å². The number of nitrogens with one attached hydrogen (secondary N) is 1. The van der Waals surface area contributed by atoms with Crippen molar-refractivity contribution < 1.29 is 4.79 Å². The number of carbonyl (C=O) groups excluding carboxylic acids is 1. The van der Waals surface area contributed by atoms with Crippen molar-refractivity contribution in [2.45, 2.75) is 20.3 Å². The van der Waals surface area contributed by atoms with Crippen LogP contribution in [0.15, 0.2) is 48.5 Å². The summed E-state index contributed by atoms with van der Waals surface area (Å²) in [7, 11) is 0. The number of nitrogens with zero attached hydrogens (tertiary/aromatic N) is 1. The summed E-state index contributed by atoms with van der Waals surface area (Å²) in [5, 5.41) is 12.2. The van der Waals surface area contributed by atoms with Crippen LogP contribution in [0.5, 0.6) is 0 Å². The summed E-state index contributed by atoms with van der Waals surface area (Å²) in [4.78, 5) is 12.3. The minimum Gasteiger partial charge on any atom is -0.324 e. The zero-order valence-corrected chi connectivity index (χ0v) is 12.3. The standard InChI is InChI=1S/C18H18N2O/c1-13-7-6-8-14(2)17(13)20-18(21)16(12-19)11-15-9-4-3-5-10-15/h3-10,16H,11H2,1-2H3,(H,20,21). The molecular formula is C18H18N2O. The summed E-state index contributed by atoms with van der Waals surface area (Å²) < 4.78 is 0. The number of benzene rings is 2. The van der Waals surface area contributed by atoms with E-state index in [0.717, 1.165) is 22.4 Å². The highest BCUT2D eigenvalue weighted by Crippen LogP contribution is 2.20. The van der Waals surface area contributed by atoms with Crippen LogP contribution >= 0.6 is 0 Å². The van der Waals surface area contributed by atoms with Gasteiger partial charge in [-0.15, -0.1) is 0 Å². The zero-order chi connectivity index (χ0) is 15.2. The first-order chi connectivity index (χ1) is 10.1. The number of hydrogen-bond donors (Lipinski definition) is 1. The SMILES string of the molecule is Cc1cccc(C)c1NC(=O)C(C#N)Cc1ccccc1. The minimum absolute atomic E-state index is 0.251. The lowest BCUT2D eigenvalue weighted by Crippen LogP contribution is -2.24. The third-order valence-corrected chi connectivity index (χ3v) is 3.48. The van der Waals surface area contributed by atoms with Crippen LogP contribution < -0.4 is 5.32 Å². The Kier molecular flexibility index (Phi) is 4.73. The van der Waals surface area contributed by atoms with Crippen LogP contribution in [0, 0.1) is 31.1 Å². The molecule has 2 aromatic rings. The van der Waals surface area contributed by atoms with Crippen molar-refractivity contribution in [1.29, 1.82) is 5.26 Å². The molecule has 0 radical (unpaired) electrons. The molecule has 1 unspecified atom stereocenters. The molecule has 21 heavy (non-hydrogen) atoms. The maximum Gasteiger partial charge on any atom is 0.242 e. The van der Waals surface area contributed by atoms with E-state index in [1.165, 1.54) is 0 Å². The van der Waals surface area contributed by atoms with Gasteiger partial charge in [0.05, 0.1) is 6.07 Å². The Hall–Kier alpha value is -2.60. The van der Waals surface area contributed by atoms with Crippen molar-refractivity contribution >= 4 is 11.6 Å². The Labute approximate surface area is 125 Å². The van der Waals surface area contributed by atoms with Crippen molar-refractivity contribution in [2.24, 2.45) is 5.92 Å². The summed E-state index contributed by atoms with van der Waals surface area (Å²) in [5.41, 5.74) is 3.79. The molecule has 2 rings (SSSR count). The first-order valence-electron chi connectivity index (χ1n) is 6.92. The number of carbonyl (C=O) groups is 1. The van der Waals surface area contributed by atoms with E-state index in [2.05, 4.69) is 11.4 Å². The maximum atomic E-state index is 12.3. The average molecular weight is 278 g/mol. The molecule has 1 amide bonds. The fourth-order valence-corrected chi connectivity index (χ4v) is 2.27. The molecule has 1 N–H and O–H groups in total. The van der Waals surface area contributed by atoms with Crippen LogP contribution in [0.3, 0.4) is 0 Å². The van der Waals surface area contributed by atoms with E-state index in [-0.39, 0.29) is 5.91 Å². The van der Waals surface area contributed by atoms with Crippen molar-refractivity contribution in [2.75, 3.05) is 5.32 Å². The van der Waals surface area contributed by atoms with Gasteiger partial charge in [-0.2, -0.15) is 5.26 Å². The molecule has 0 aromatic heterocycles. The van der Waals surface area contributed by atoms with Gasteiger partial charge in [-0.3, -0.25) is 4.79 Å². The Bertz CT molecular complexity index is 651. The average Bonchev–Trinajstić information content (AvgIpc) is 2.49. The molecule has 0 aliphatic heterocycles. The smallest absolute Gasteiger partial charge is 0.242 e. The van der Waals surface area contributed by atoms with E-state index in [9.17, 15) is 10.1 Å². The summed E-state index contributed by atoms with van der Waals surface area (Å²) in [6.07, 6.45) is 0.425. The van der Waals surface area contributed by atoms with Gasteiger partial charge in [0.15, 0.2) is 0 Å². The number of rotatable bonds is 4. The molecule has 3 nitrogen and oxygen atoms in total. The van der Waals surface area contributed by atoms with Crippen LogP contribution in [-0.2, 0) is 11.2 Å². The Morgan fingerprint density at radius 2 is 1.71 bits per heavy atom. The lowest BCUT2D eigenvalue weighted by Gasteiger charge is -2.14. The second kappa shape index (κ2) is 6.71. The summed E-state index contributed by atoms with van der Waals surface area (Å²) >= 11 is 0. The maximum absolute atomic E-state index is 12.3. The van der Waals surface area contributed by atoms with E-state index < -0.39 is 5.92 Å². The monoisotopic (exact) mass is 278 g/mol. The topological polar surface area (TPSA) is 52.9 Å². The van der Waals surface area contributed by atoms with Gasteiger partial charge in [-0.05, 0) is 37.0 Å². The Balaban J connectivity index is 2.13. The molecule has 2 aromatic carbocycles. The number of amides is 1. The van der Waals surface area contributed by atoms with Crippen molar-refractivity contribution in [3.63, 3.8) is 0 Å². The second-order valence-corrected chi connectivity index (χ2v) is 5.13. The predicted octanol–water partition coefficient (Wildman–Crippen LogP) is 3.62. The minimum atomic E-state index is -0.689. The fraction of sp³-hybridized carbons (Fsp3) is 0.222. The number of hydrogen-bond acceptors (Lipinski definition) is 2. The van der Waals surface area contributed by atoms with E-state index >= 15 is 0 Å². The molecule has 0 spiro atoms. The van der Waals surface area contributed by atoms with Gasteiger partial charge in [0.1, 0.15) is 5.92 Å². The lowest BCUT2D eigenvalue weighted by molar-refractivity contribution is -0.118. The Morgan fingerprint density at radius 3 is 2.29 bits per heavy atom. The van der Waals surface area contributed by atoms with Gasteiger partial charge < -0.3 is 5.32 Å². The van der Waals surface area contributed by atoms with Gasteiger partial charge in [0.2, 0.25) is 5.91 Å². The van der Waals surface area contributed by atoms with Crippen LogP contribution in [0.1, 0.15) is 16.7 Å². The fourth-order valence-electron chi connectivity index (χ4n) is 2.27. The van der Waals surface area contributed by atoms with Gasteiger partial charge in [-0.1, -0.05) is 48.5 Å². The van der Waals surface area contributed by atoms with Gasteiger partial charge in [0.25, 0.3) is 0 Å². The van der Waals surface area contributed by atoms with E-state index in [0.29, 0.717) is 6.42 Å². The van der Waals surface area contributed by atoms with Gasteiger partial charge in [0, 0.05) is 5.69 Å². The van der Waals surface area contributed by atoms with Gasteiger partial charge >= 0.3 is 0 Å². The van der Waals surface area contributed by atoms with E-state index in [4.69, 9.17) is 0 Å². The number of para-hydroxylation sites is 1. The van der Waals surface area contributed by atoms with Gasteiger partial charge in [-0.25, -0.2) is 0 Å². The highest BCUT2D eigenvalue weighted by molar-refractivity contribution is 5.95. The zero-order valence-electron chi connectivity index (χ0n) is 12.3. The third-order valence-electron chi connectivity index (χ3n) is 3.48. The van der Waals surface area contributed by atoms with Crippen molar-refractivity contribution in [3.8, 4) is 6.07 Å². The first-order valence-corrected chi connectivity index (χ1v) is 6.92. The van der Waals surface area contributed by atoms with Crippen molar-refractivity contribution in [3.05, 3.63) is 65.2 Å². The third kappa shape index (κ3) is 3.70. The summed E-state index contributed by atoms with van der Waals surface area (Å²) in [5.74, 6) is -0.940. The molecule has 0 aliphatic rings. The van der Waals surface area contributed by atoms with E-state index in [1.54, 1.807) is 0 Å². The normalized spacial score (nSPS) is 11.5. The molecule has 0 saturated carbocycles. The highest BCUT2D eigenvalue weighted by Gasteiger charge is 2.19. The van der Waals surface area contributed by atoms with Crippen molar-refractivity contribution in [1.82, 2.24) is 0 Å². The molecule has 0 saturated heterocycles. The second-order valence-electron chi connectivity index (χ2n) is 5.13.